The van der Waals surface area contributed by atoms with E-state index < -0.39 is 0 Å². The Labute approximate surface area is 117 Å². The van der Waals surface area contributed by atoms with Crippen molar-refractivity contribution in [3.63, 3.8) is 0 Å². The Morgan fingerprint density at radius 3 is 2.84 bits per heavy atom. The van der Waals surface area contributed by atoms with E-state index in [2.05, 4.69) is 59.7 Å². The van der Waals surface area contributed by atoms with Gasteiger partial charge in [-0.05, 0) is 23.3 Å². The van der Waals surface area contributed by atoms with Crippen molar-refractivity contribution in [1.29, 1.82) is 0 Å². The number of thiazole rings is 1. The van der Waals surface area contributed by atoms with Crippen molar-refractivity contribution in [3.05, 3.63) is 64.6 Å². The molecule has 0 spiro atoms. The molecule has 3 aromatic rings. The number of aromatic nitrogens is 1. The molecule has 3 heteroatoms. The summed E-state index contributed by atoms with van der Waals surface area (Å²) in [6.07, 6.45) is 1.85. The predicted molar refractivity (Wildman–Crippen MR) is 81.3 cm³/mol. The van der Waals surface area contributed by atoms with Crippen LogP contribution in [0.25, 0.3) is 10.8 Å². The highest BCUT2D eigenvalue weighted by molar-refractivity contribution is 7.09. The van der Waals surface area contributed by atoms with Crippen molar-refractivity contribution in [2.75, 3.05) is 0 Å². The zero-order valence-corrected chi connectivity index (χ0v) is 11.7. The van der Waals surface area contributed by atoms with Gasteiger partial charge in [-0.15, -0.1) is 11.3 Å². The Morgan fingerprint density at radius 1 is 1.16 bits per heavy atom. The molecule has 1 N–H and O–H groups in total. The van der Waals surface area contributed by atoms with Crippen LogP contribution >= 0.6 is 11.3 Å². The predicted octanol–water partition coefficient (Wildman–Crippen LogP) is 4.15. The molecule has 0 fully saturated rings. The van der Waals surface area contributed by atoms with E-state index in [0.29, 0.717) is 6.04 Å². The minimum absolute atomic E-state index is 0.315. The first-order valence-corrected chi connectivity index (χ1v) is 7.32. The summed E-state index contributed by atoms with van der Waals surface area (Å²) in [6, 6.07) is 15.3. The smallest absolute Gasteiger partial charge is 0.106 e. The molecule has 3 rings (SSSR count). The van der Waals surface area contributed by atoms with E-state index in [9.17, 15) is 0 Å². The fourth-order valence-electron chi connectivity index (χ4n) is 2.32. The molecular weight excluding hydrogens is 252 g/mol. The van der Waals surface area contributed by atoms with E-state index in [1.807, 2.05) is 11.6 Å². The van der Waals surface area contributed by atoms with Crippen molar-refractivity contribution in [2.24, 2.45) is 0 Å². The Balaban J connectivity index is 1.83. The van der Waals surface area contributed by atoms with Crippen LogP contribution in [0.4, 0.5) is 0 Å². The molecule has 2 aromatic carbocycles. The van der Waals surface area contributed by atoms with E-state index in [0.717, 1.165) is 11.6 Å². The van der Waals surface area contributed by atoms with E-state index in [4.69, 9.17) is 0 Å². The monoisotopic (exact) mass is 268 g/mol. The Kier molecular flexibility index (Phi) is 3.58. The van der Waals surface area contributed by atoms with Gasteiger partial charge in [-0.3, -0.25) is 0 Å². The number of benzene rings is 2. The highest BCUT2D eigenvalue weighted by Crippen LogP contribution is 2.24. The summed E-state index contributed by atoms with van der Waals surface area (Å²) < 4.78 is 0. The van der Waals surface area contributed by atoms with Gasteiger partial charge in [0.25, 0.3) is 0 Å². The number of hydrogen-bond acceptors (Lipinski definition) is 3. The van der Waals surface area contributed by atoms with E-state index in [1.165, 1.54) is 16.3 Å². The molecule has 0 amide bonds. The summed E-state index contributed by atoms with van der Waals surface area (Å²) in [5.41, 5.74) is 1.34. The van der Waals surface area contributed by atoms with Crippen molar-refractivity contribution in [3.8, 4) is 0 Å². The molecule has 1 unspecified atom stereocenters. The molecule has 0 radical (unpaired) electrons. The average molecular weight is 268 g/mol. The van der Waals surface area contributed by atoms with Crippen LogP contribution in [0.15, 0.2) is 54.0 Å². The average Bonchev–Trinajstić information content (AvgIpc) is 2.97. The molecule has 0 aliphatic heterocycles. The molecule has 96 valence electrons. The van der Waals surface area contributed by atoms with E-state index >= 15 is 0 Å². The van der Waals surface area contributed by atoms with Crippen LogP contribution < -0.4 is 5.32 Å². The second kappa shape index (κ2) is 5.51. The second-order valence-corrected chi connectivity index (χ2v) is 5.58. The van der Waals surface area contributed by atoms with Crippen LogP contribution in [0, 0.1) is 0 Å². The molecule has 1 heterocycles. The lowest BCUT2D eigenvalue weighted by Crippen LogP contribution is -2.18. The molecule has 0 saturated heterocycles. The lowest BCUT2D eigenvalue weighted by atomic mass is 10.00. The fraction of sp³-hybridized carbons (Fsp3) is 0.188. The van der Waals surface area contributed by atoms with Gasteiger partial charge in [-0.2, -0.15) is 0 Å². The molecule has 0 aliphatic rings. The quantitative estimate of drug-likeness (QED) is 0.769. The van der Waals surface area contributed by atoms with Crippen molar-refractivity contribution in [1.82, 2.24) is 10.3 Å². The van der Waals surface area contributed by atoms with Crippen molar-refractivity contribution >= 4 is 22.1 Å². The maximum Gasteiger partial charge on any atom is 0.106 e. The van der Waals surface area contributed by atoms with Gasteiger partial charge in [0, 0.05) is 24.2 Å². The second-order valence-electron chi connectivity index (χ2n) is 4.60. The van der Waals surface area contributed by atoms with Gasteiger partial charge >= 0.3 is 0 Å². The SMILES string of the molecule is CC(NCc1nccs1)c1cccc2ccccc12. The van der Waals surface area contributed by atoms with Crippen LogP contribution in [-0.4, -0.2) is 4.98 Å². The third kappa shape index (κ3) is 2.67. The lowest BCUT2D eigenvalue weighted by molar-refractivity contribution is 0.576. The van der Waals surface area contributed by atoms with E-state index in [-0.39, 0.29) is 0 Å². The van der Waals surface area contributed by atoms with Gasteiger partial charge < -0.3 is 5.32 Å². The Bertz CT molecular complexity index is 656. The van der Waals surface area contributed by atoms with Crippen LogP contribution in [0.2, 0.25) is 0 Å². The highest BCUT2D eigenvalue weighted by atomic mass is 32.1. The van der Waals surface area contributed by atoms with Crippen LogP contribution in [0.3, 0.4) is 0 Å². The molecule has 0 saturated carbocycles. The molecular formula is C16H16N2S. The highest BCUT2D eigenvalue weighted by Gasteiger charge is 2.08. The van der Waals surface area contributed by atoms with Crippen molar-refractivity contribution in [2.45, 2.75) is 19.5 Å². The molecule has 2 nitrogen and oxygen atoms in total. The third-order valence-corrected chi connectivity index (χ3v) is 4.11. The van der Waals surface area contributed by atoms with Gasteiger partial charge in [0.15, 0.2) is 0 Å². The number of rotatable bonds is 4. The fourth-order valence-corrected chi connectivity index (χ4v) is 2.89. The molecule has 19 heavy (non-hydrogen) atoms. The van der Waals surface area contributed by atoms with Gasteiger partial charge in [0.05, 0.1) is 0 Å². The largest absolute Gasteiger partial charge is 0.304 e. The topological polar surface area (TPSA) is 24.9 Å². The summed E-state index contributed by atoms with van der Waals surface area (Å²) in [7, 11) is 0. The standard InChI is InChI=1S/C16H16N2S/c1-12(18-11-16-17-9-10-19-16)14-8-4-6-13-5-2-3-7-15(13)14/h2-10,12,18H,11H2,1H3. The summed E-state index contributed by atoms with van der Waals surface area (Å²) in [6.45, 7) is 3.03. The lowest BCUT2D eigenvalue weighted by Gasteiger charge is -2.15. The summed E-state index contributed by atoms with van der Waals surface area (Å²) >= 11 is 1.69. The first kappa shape index (κ1) is 12.3. The van der Waals surface area contributed by atoms with Crippen LogP contribution in [-0.2, 0) is 6.54 Å². The maximum absolute atomic E-state index is 4.30. The summed E-state index contributed by atoms with van der Waals surface area (Å²) in [4.78, 5) is 4.30. The zero-order valence-electron chi connectivity index (χ0n) is 10.8. The Hall–Kier alpha value is -1.71. The molecule has 1 atom stereocenters. The molecule has 1 aromatic heterocycles. The normalized spacial score (nSPS) is 12.7. The van der Waals surface area contributed by atoms with Gasteiger partial charge in [0.1, 0.15) is 5.01 Å². The number of nitrogens with zero attached hydrogens (tertiary/aromatic N) is 1. The van der Waals surface area contributed by atoms with Gasteiger partial charge in [-0.25, -0.2) is 4.98 Å². The summed E-state index contributed by atoms with van der Waals surface area (Å²) in [5, 5.41) is 9.30. The Morgan fingerprint density at radius 2 is 2.00 bits per heavy atom. The minimum Gasteiger partial charge on any atom is -0.304 e. The summed E-state index contributed by atoms with van der Waals surface area (Å²) in [5.74, 6) is 0. The molecule has 0 aliphatic carbocycles. The number of fused-ring (bicyclic) bond motifs is 1. The minimum atomic E-state index is 0.315. The first-order chi connectivity index (χ1) is 9.34. The first-order valence-electron chi connectivity index (χ1n) is 6.44. The number of nitrogens with one attached hydrogen (secondary N) is 1. The van der Waals surface area contributed by atoms with Crippen LogP contribution in [0.5, 0.6) is 0 Å². The van der Waals surface area contributed by atoms with Gasteiger partial charge in [0.2, 0.25) is 0 Å². The van der Waals surface area contributed by atoms with Crippen molar-refractivity contribution < 1.29 is 0 Å². The van der Waals surface area contributed by atoms with Crippen LogP contribution in [0.1, 0.15) is 23.5 Å². The number of hydrogen-bond donors (Lipinski definition) is 1. The van der Waals surface area contributed by atoms with Gasteiger partial charge in [-0.1, -0.05) is 42.5 Å². The zero-order chi connectivity index (χ0) is 13.1. The third-order valence-electron chi connectivity index (χ3n) is 3.33. The maximum atomic E-state index is 4.30. The van der Waals surface area contributed by atoms with E-state index in [1.54, 1.807) is 11.3 Å². The molecule has 0 bridgehead atoms.